The van der Waals surface area contributed by atoms with Crippen molar-refractivity contribution in [3.8, 4) is 5.75 Å². The molecule has 0 radical (unpaired) electrons. The smallest absolute Gasteiger partial charge is 0.419 e. The number of piperidine rings is 1. The fourth-order valence-corrected chi connectivity index (χ4v) is 7.70. The number of hydrogen-bond acceptors (Lipinski definition) is 10. The number of carbonyl (C=O) groups is 3. The van der Waals surface area contributed by atoms with Gasteiger partial charge in [0.05, 0.1) is 35.3 Å². The van der Waals surface area contributed by atoms with Crippen molar-refractivity contribution in [3.05, 3.63) is 95.4 Å². The maximum absolute atomic E-state index is 15.1. The van der Waals surface area contributed by atoms with Gasteiger partial charge in [-0.3, -0.25) is 29.6 Å². The molecule has 13 nitrogen and oxygen atoms in total. The molecule has 4 amide bonds. The van der Waals surface area contributed by atoms with Gasteiger partial charge < -0.3 is 25.6 Å². The Morgan fingerprint density at radius 2 is 1.62 bits per heavy atom. The second-order valence-corrected chi connectivity index (χ2v) is 14.4. The van der Waals surface area contributed by atoms with Gasteiger partial charge in [0.2, 0.25) is 5.91 Å². The van der Waals surface area contributed by atoms with Crippen molar-refractivity contribution in [2.24, 2.45) is 0 Å². The van der Waals surface area contributed by atoms with Crippen LogP contribution in [0.15, 0.2) is 72.9 Å². The number of halogens is 4. The summed E-state index contributed by atoms with van der Waals surface area (Å²) in [6.45, 7) is 5.69. The quantitative estimate of drug-likeness (QED) is 0.128. The molecular formula is C41H45F4N9O4. The number of amides is 4. The minimum absolute atomic E-state index is 0.144. The van der Waals surface area contributed by atoms with E-state index in [9.17, 15) is 27.6 Å². The molecule has 0 unspecified atom stereocenters. The highest BCUT2D eigenvalue weighted by molar-refractivity contribution is 6.05. The van der Waals surface area contributed by atoms with Crippen LogP contribution in [-0.4, -0.2) is 98.6 Å². The van der Waals surface area contributed by atoms with Crippen LogP contribution in [0.3, 0.4) is 0 Å². The zero-order chi connectivity index (χ0) is 41.0. The third-order valence-electron chi connectivity index (χ3n) is 10.9. The van der Waals surface area contributed by atoms with Crippen LogP contribution in [0.1, 0.15) is 40.7 Å². The van der Waals surface area contributed by atoms with Gasteiger partial charge in [0.1, 0.15) is 17.4 Å². The van der Waals surface area contributed by atoms with Crippen LogP contribution >= 0.6 is 0 Å². The molecule has 3 fully saturated rings. The number of nitrogens with zero attached hydrogens (tertiary/aromatic N) is 5. The monoisotopic (exact) mass is 803 g/mol. The van der Waals surface area contributed by atoms with Gasteiger partial charge in [0, 0.05) is 107 Å². The molecule has 17 heteroatoms. The SMILES string of the molecule is CNC(=O)c1ccccc1Nc1cc(Nc2ccc(N3CCC(N4CCN(Cc5ccc(N6CCC(=O)NC6=O)cc5F)CC4)CC3)cc2OC)ncc1C(F)(F)F. The highest BCUT2D eigenvalue weighted by atomic mass is 19.4. The first-order chi connectivity index (χ1) is 27.9. The van der Waals surface area contributed by atoms with Gasteiger partial charge >= 0.3 is 12.2 Å². The minimum atomic E-state index is -4.70. The number of piperazine rings is 1. The summed E-state index contributed by atoms with van der Waals surface area (Å²) >= 11 is 0. The van der Waals surface area contributed by atoms with Gasteiger partial charge in [0.15, 0.2) is 0 Å². The van der Waals surface area contributed by atoms with E-state index in [0.29, 0.717) is 35.3 Å². The van der Waals surface area contributed by atoms with Crippen molar-refractivity contribution in [2.75, 3.05) is 80.4 Å². The summed E-state index contributed by atoms with van der Waals surface area (Å²) in [7, 11) is 2.98. The molecule has 1 aromatic heterocycles. The van der Waals surface area contributed by atoms with E-state index in [4.69, 9.17) is 4.74 Å². The minimum Gasteiger partial charge on any atom is -0.494 e. The van der Waals surface area contributed by atoms with Crippen LogP contribution in [0.25, 0.3) is 0 Å². The first-order valence-electron chi connectivity index (χ1n) is 19.1. The zero-order valence-corrected chi connectivity index (χ0v) is 32.2. The molecule has 0 saturated carbocycles. The van der Waals surface area contributed by atoms with Crippen molar-refractivity contribution in [3.63, 3.8) is 0 Å². The van der Waals surface area contributed by atoms with Crippen LogP contribution in [0.5, 0.6) is 5.75 Å². The average molecular weight is 804 g/mol. The Kier molecular flexibility index (Phi) is 12.0. The fraction of sp³-hybridized carbons (Fsp3) is 0.366. The lowest BCUT2D eigenvalue weighted by molar-refractivity contribution is -0.137. The van der Waals surface area contributed by atoms with E-state index in [1.807, 2.05) is 18.2 Å². The number of hydrogen-bond donors (Lipinski definition) is 4. The number of ether oxygens (including phenoxy) is 1. The number of para-hydroxylation sites is 1. The lowest BCUT2D eigenvalue weighted by atomic mass is 10.0. The van der Waals surface area contributed by atoms with E-state index >= 15 is 4.39 Å². The second-order valence-electron chi connectivity index (χ2n) is 14.4. The summed E-state index contributed by atoms with van der Waals surface area (Å²) < 4.78 is 62.9. The van der Waals surface area contributed by atoms with E-state index < -0.39 is 23.7 Å². The number of rotatable bonds is 11. The van der Waals surface area contributed by atoms with Crippen LogP contribution in [0.2, 0.25) is 0 Å². The Balaban J connectivity index is 0.936. The molecule has 3 saturated heterocycles. The van der Waals surface area contributed by atoms with Gasteiger partial charge in [0.25, 0.3) is 5.91 Å². The first-order valence-corrected chi connectivity index (χ1v) is 19.1. The highest BCUT2D eigenvalue weighted by Crippen LogP contribution is 2.39. The number of methoxy groups -OCH3 is 1. The van der Waals surface area contributed by atoms with E-state index in [2.05, 4.69) is 41.0 Å². The molecule has 4 aromatic rings. The molecule has 3 aliphatic rings. The molecule has 0 atom stereocenters. The fourth-order valence-electron chi connectivity index (χ4n) is 7.70. The number of anilines is 6. The van der Waals surface area contributed by atoms with Crippen molar-refractivity contribution in [2.45, 2.75) is 38.0 Å². The molecule has 306 valence electrons. The number of aromatic nitrogens is 1. The number of benzene rings is 3. The number of pyridine rings is 1. The van der Waals surface area contributed by atoms with Crippen molar-refractivity contribution in [1.29, 1.82) is 0 Å². The van der Waals surface area contributed by atoms with Crippen LogP contribution in [-0.2, 0) is 17.5 Å². The van der Waals surface area contributed by atoms with E-state index in [1.165, 1.54) is 43.3 Å². The summed E-state index contributed by atoms with van der Waals surface area (Å²) in [5, 5.41) is 10.7. The number of carbonyl (C=O) groups excluding carboxylic acids is 3. The van der Waals surface area contributed by atoms with Crippen LogP contribution in [0.4, 0.5) is 56.6 Å². The summed E-state index contributed by atoms with van der Waals surface area (Å²) in [5.74, 6) is -0.515. The molecule has 58 heavy (non-hydrogen) atoms. The molecule has 3 aromatic carbocycles. The maximum atomic E-state index is 15.1. The predicted molar refractivity (Wildman–Crippen MR) is 213 cm³/mol. The predicted octanol–water partition coefficient (Wildman–Crippen LogP) is 6.33. The van der Waals surface area contributed by atoms with Gasteiger partial charge in [-0.15, -0.1) is 0 Å². The third-order valence-corrected chi connectivity index (χ3v) is 10.9. The van der Waals surface area contributed by atoms with E-state index in [1.54, 1.807) is 24.3 Å². The van der Waals surface area contributed by atoms with E-state index in [0.717, 1.165) is 64.0 Å². The summed E-state index contributed by atoms with van der Waals surface area (Å²) in [5.41, 5.74) is 1.61. The molecule has 0 aliphatic carbocycles. The summed E-state index contributed by atoms with van der Waals surface area (Å²) in [4.78, 5) is 48.5. The van der Waals surface area contributed by atoms with Crippen LogP contribution < -0.4 is 35.8 Å². The third kappa shape index (κ3) is 9.10. The van der Waals surface area contributed by atoms with Gasteiger partial charge in [-0.25, -0.2) is 14.2 Å². The molecule has 3 aliphatic heterocycles. The Morgan fingerprint density at radius 3 is 2.31 bits per heavy atom. The second kappa shape index (κ2) is 17.3. The van der Waals surface area contributed by atoms with Crippen molar-refractivity contribution < 1.29 is 36.7 Å². The first kappa shape index (κ1) is 40.3. The highest BCUT2D eigenvalue weighted by Gasteiger charge is 2.35. The molecule has 0 spiro atoms. The Labute approximate surface area is 333 Å². The number of nitrogens with one attached hydrogen (secondary N) is 4. The Morgan fingerprint density at radius 1 is 0.879 bits per heavy atom. The number of urea groups is 1. The van der Waals surface area contributed by atoms with Crippen molar-refractivity contribution in [1.82, 2.24) is 25.4 Å². The van der Waals surface area contributed by atoms with Gasteiger partial charge in [-0.05, 0) is 49.2 Å². The maximum Gasteiger partial charge on any atom is 0.419 e. The lowest BCUT2D eigenvalue weighted by Gasteiger charge is -2.43. The summed E-state index contributed by atoms with van der Waals surface area (Å²) in [6, 6.07) is 17.9. The van der Waals surface area contributed by atoms with Crippen LogP contribution in [0, 0.1) is 5.82 Å². The Bertz CT molecular complexity index is 2150. The van der Waals surface area contributed by atoms with Crippen molar-refractivity contribution >= 4 is 52.1 Å². The molecular weight excluding hydrogens is 759 g/mol. The Hall–Kier alpha value is -5.94. The molecule has 4 N–H and O–H groups in total. The summed E-state index contributed by atoms with van der Waals surface area (Å²) in [6.07, 6.45) is -1.85. The van der Waals surface area contributed by atoms with Gasteiger partial charge in [-0.1, -0.05) is 18.2 Å². The average Bonchev–Trinajstić information content (AvgIpc) is 3.22. The molecule has 0 bridgehead atoms. The molecule has 4 heterocycles. The normalized spacial score (nSPS) is 17.2. The topological polar surface area (TPSA) is 134 Å². The van der Waals surface area contributed by atoms with E-state index in [-0.39, 0.29) is 47.4 Å². The number of alkyl halides is 3. The standard InChI is InChI=1S/C41H45F4N9O4/c1-46-39(56)30-5-3-4-6-33(30)48-35-23-37(47-24-31(35)41(43,44)45)49-34-10-9-28(22-36(34)58-2)52-14-11-27(12-15-52)53-19-17-51(18-20-53)25-26-7-8-29(21-32(26)42)54-16-13-38(55)50-40(54)57/h3-10,21-24,27H,11-20,25H2,1-2H3,(H,46,56)(H2,47,48,49)(H,50,55,57). The lowest BCUT2D eigenvalue weighted by Crippen LogP contribution is -2.53. The molecule has 7 rings (SSSR count). The zero-order valence-electron chi connectivity index (χ0n) is 32.2. The van der Waals surface area contributed by atoms with Gasteiger partial charge in [-0.2, -0.15) is 13.2 Å². The largest absolute Gasteiger partial charge is 0.494 e. The number of imide groups is 1.